The van der Waals surface area contributed by atoms with E-state index in [4.69, 9.17) is 9.84 Å². The van der Waals surface area contributed by atoms with E-state index in [0.29, 0.717) is 0 Å². The lowest BCUT2D eigenvalue weighted by Crippen LogP contribution is -2.49. The lowest BCUT2D eigenvalue weighted by Gasteiger charge is -2.24. The summed E-state index contributed by atoms with van der Waals surface area (Å²) in [6.45, 7) is 3.67. The molecule has 0 aromatic rings. The van der Waals surface area contributed by atoms with E-state index in [2.05, 4.69) is 5.32 Å². The zero-order valence-corrected chi connectivity index (χ0v) is 8.82. The average molecular weight is 213 g/mol. The summed E-state index contributed by atoms with van der Waals surface area (Å²) in [5, 5.41) is 11.7. The standard InChI is InChI=1S/C10H15NO4/c1-3-4-8(12)11-7-5-15-6-10(7,2)9(13)14/h3-4,7H,5-6H2,1-2H3,(H,11,12)(H,13,14). The summed E-state index contributed by atoms with van der Waals surface area (Å²) >= 11 is 0. The van der Waals surface area contributed by atoms with Crippen LogP contribution in [0.2, 0.25) is 0 Å². The summed E-state index contributed by atoms with van der Waals surface area (Å²) in [5.74, 6) is -1.24. The second kappa shape index (κ2) is 4.44. The van der Waals surface area contributed by atoms with Gasteiger partial charge in [0.15, 0.2) is 0 Å². The van der Waals surface area contributed by atoms with Crippen molar-refractivity contribution >= 4 is 11.9 Å². The number of carboxylic acids is 1. The number of rotatable bonds is 3. The number of carbonyl (C=O) groups is 2. The van der Waals surface area contributed by atoms with Crippen molar-refractivity contribution in [2.24, 2.45) is 5.41 Å². The number of aliphatic carboxylic acids is 1. The van der Waals surface area contributed by atoms with Gasteiger partial charge in [0.25, 0.3) is 0 Å². The van der Waals surface area contributed by atoms with Gasteiger partial charge in [0.2, 0.25) is 5.91 Å². The maximum Gasteiger partial charge on any atom is 0.313 e. The second-order valence-corrected chi connectivity index (χ2v) is 3.80. The van der Waals surface area contributed by atoms with E-state index in [1.54, 1.807) is 19.9 Å². The van der Waals surface area contributed by atoms with E-state index in [9.17, 15) is 9.59 Å². The fourth-order valence-corrected chi connectivity index (χ4v) is 1.46. The van der Waals surface area contributed by atoms with Crippen LogP contribution in [-0.4, -0.2) is 36.2 Å². The molecule has 1 heterocycles. The summed E-state index contributed by atoms with van der Waals surface area (Å²) in [5.41, 5.74) is -1.03. The molecule has 5 nitrogen and oxygen atoms in total. The maximum absolute atomic E-state index is 11.3. The van der Waals surface area contributed by atoms with Crippen molar-refractivity contribution in [2.75, 3.05) is 13.2 Å². The highest BCUT2D eigenvalue weighted by Crippen LogP contribution is 2.28. The number of amides is 1. The lowest BCUT2D eigenvalue weighted by molar-refractivity contribution is -0.148. The number of hydrogen-bond acceptors (Lipinski definition) is 3. The molecule has 1 saturated heterocycles. The van der Waals surface area contributed by atoms with Crippen LogP contribution in [0.1, 0.15) is 13.8 Å². The van der Waals surface area contributed by atoms with Crippen molar-refractivity contribution in [3.8, 4) is 0 Å². The van der Waals surface area contributed by atoms with Gasteiger partial charge < -0.3 is 15.2 Å². The molecule has 15 heavy (non-hydrogen) atoms. The fraction of sp³-hybridized carbons (Fsp3) is 0.600. The molecular formula is C10H15NO4. The van der Waals surface area contributed by atoms with Crippen molar-refractivity contribution in [3.63, 3.8) is 0 Å². The first-order valence-corrected chi connectivity index (χ1v) is 4.75. The Balaban J connectivity index is 2.69. The Bertz CT molecular complexity index is 300. The largest absolute Gasteiger partial charge is 0.481 e. The Morgan fingerprint density at radius 1 is 1.60 bits per heavy atom. The molecular weight excluding hydrogens is 198 g/mol. The number of nitrogens with one attached hydrogen (secondary N) is 1. The fourth-order valence-electron chi connectivity index (χ4n) is 1.46. The number of ether oxygens (including phenoxy) is 1. The molecule has 5 heteroatoms. The Morgan fingerprint density at radius 3 is 2.80 bits per heavy atom. The molecule has 1 aliphatic rings. The number of hydrogen-bond donors (Lipinski definition) is 2. The molecule has 0 aromatic heterocycles. The van der Waals surface area contributed by atoms with Gasteiger partial charge in [-0.1, -0.05) is 6.08 Å². The van der Waals surface area contributed by atoms with E-state index in [1.807, 2.05) is 0 Å². The van der Waals surface area contributed by atoms with Gasteiger partial charge in [-0.15, -0.1) is 0 Å². The second-order valence-electron chi connectivity index (χ2n) is 3.80. The zero-order chi connectivity index (χ0) is 11.5. The molecule has 0 spiro atoms. The van der Waals surface area contributed by atoms with Gasteiger partial charge in [0, 0.05) is 0 Å². The highest BCUT2D eigenvalue weighted by atomic mass is 16.5. The van der Waals surface area contributed by atoms with Crippen LogP contribution in [0, 0.1) is 5.41 Å². The van der Waals surface area contributed by atoms with Crippen LogP contribution in [0.25, 0.3) is 0 Å². The topological polar surface area (TPSA) is 75.6 Å². The van der Waals surface area contributed by atoms with Gasteiger partial charge in [-0.05, 0) is 19.9 Å². The summed E-state index contributed by atoms with van der Waals surface area (Å²) < 4.78 is 5.09. The van der Waals surface area contributed by atoms with E-state index >= 15 is 0 Å². The highest BCUT2D eigenvalue weighted by Gasteiger charge is 2.47. The molecule has 2 atom stereocenters. The molecule has 0 aliphatic carbocycles. The molecule has 1 rings (SSSR count). The predicted octanol–water partition coefficient (Wildman–Crippen LogP) is 0.168. The van der Waals surface area contributed by atoms with E-state index < -0.39 is 17.4 Å². The van der Waals surface area contributed by atoms with Crippen molar-refractivity contribution in [2.45, 2.75) is 19.9 Å². The normalized spacial score (nSPS) is 30.7. The summed E-state index contributed by atoms with van der Waals surface area (Å²) in [6, 6.07) is -0.473. The zero-order valence-electron chi connectivity index (χ0n) is 8.82. The van der Waals surface area contributed by atoms with Crippen molar-refractivity contribution in [1.29, 1.82) is 0 Å². The third kappa shape index (κ3) is 2.36. The number of carbonyl (C=O) groups excluding carboxylic acids is 1. The molecule has 2 unspecified atom stereocenters. The van der Waals surface area contributed by atoms with Crippen molar-refractivity contribution in [1.82, 2.24) is 5.32 Å². The minimum atomic E-state index is -1.03. The SMILES string of the molecule is CC=CC(=O)NC1COCC1(C)C(=O)O. The molecule has 0 saturated carbocycles. The van der Waals surface area contributed by atoms with Gasteiger partial charge in [0.05, 0.1) is 19.3 Å². The monoisotopic (exact) mass is 213 g/mol. The van der Waals surface area contributed by atoms with Crippen LogP contribution in [-0.2, 0) is 14.3 Å². The van der Waals surface area contributed by atoms with E-state index in [0.717, 1.165) is 0 Å². The Morgan fingerprint density at radius 2 is 2.27 bits per heavy atom. The first-order valence-electron chi connectivity index (χ1n) is 4.75. The van der Waals surface area contributed by atoms with Crippen LogP contribution in [0.15, 0.2) is 12.2 Å². The maximum atomic E-state index is 11.3. The third-order valence-corrected chi connectivity index (χ3v) is 2.58. The van der Waals surface area contributed by atoms with Crippen molar-refractivity contribution in [3.05, 3.63) is 12.2 Å². The first kappa shape index (κ1) is 11.7. The number of carboxylic acid groups (broad SMARTS) is 1. The van der Waals surface area contributed by atoms with Gasteiger partial charge in [-0.3, -0.25) is 9.59 Å². The minimum Gasteiger partial charge on any atom is -0.481 e. The Hall–Kier alpha value is -1.36. The highest BCUT2D eigenvalue weighted by molar-refractivity contribution is 5.88. The van der Waals surface area contributed by atoms with Gasteiger partial charge in [-0.25, -0.2) is 0 Å². The smallest absolute Gasteiger partial charge is 0.313 e. The Kier molecular flexibility index (Phi) is 3.47. The molecule has 1 amide bonds. The summed E-state index contributed by atoms with van der Waals surface area (Å²) in [4.78, 5) is 22.3. The number of allylic oxidation sites excluding steroid dienone is 1. The van der Waals surface area contributed by atoms with Crippen LogP contribution in [0.3, 0.4) is 0 Å². The predicted molar refractivity (Wildman–Crippen MR) is 53.3 cm³/mol. The summed E-state index contributed by atoms with van der Waals surface area (Å²) in [7, 11) is 0. The van der Waals surface area contributed by atoms with Gasteiger partial charge >= 0.3 is 5.97 Å². The third-order valence-electron chi connectivity index (χ3n) is 2.58. The van der Waals surface area contributed by atoms with Gasteiger partial charge in [-0.2, -0.15) is 0 Å². The van der Waals surface area contributed by atoms with E-state index in [1.165, 1.54) is 6.08 Å². The lowest BCUT2D eigenvalue weighted by atomic mass is 9.85. The van der Waals surface area contributed by atoms with E-state index in [-0.39, 0.29) is 19.1 Å². The average Bonchev–Trinajstić information content (AvgIpc) is 2.50. The molecule has 84 valence electrons. The molecule has 0 radical (unpaired) electrons. The quantitative estimate of drug-likeness (QED) is 0.655. The van der Waals surface area contributed by atoms with Crippen LogP contribution in [0.5, 0.6) is 0 Å². The van der Waals surface area contributed by atoms with Crippen molar-refractivity contribution < 1.29 is 19.4 Å². The summed E-state index contributed by atoms with van der Waals surface area (Å²) in [6.07, 6.45) is 2.96. The molecule has 0 aromatic carbocycles. The molecule has 0 bridgehead atoms. The molecule has 2 N–H and O–H groups in total. The van der Waals surface area contributed by atoms with Gasteiger partial charge in [0.1, 0.15) is 5.41 Å². The minimum absolute atomic E-state index is 0.128. The van der Waals surface area contributed by atoms with Crippen LogP contribution >= 0.6 is 0 Å². The molecule has 1 aliphatic heterocycles. The Labute approximate surface area is 88.1 Å². The van der Waals surface area contributed by atoms with Crippen LogP contribution in [0.4, 0.5) is 0 Å². The van der Waals surface area contributed by atoms with Crippen LogP contribution < -0.4 is 5.32 Å². The molecule has 1 fully saturated rings. The first-order chi connectivity index (χ1) is 7.00.